The van der Waals surface area contributed by atoms with E-state index in [-0.39, 0.29) is 10.9 Å². The number of nitrogens with one attached hydrogen (secondary N) is 1. The molecule has 0 aromatic heterocycles. The minimum absolute atomic E-state index is 0.150. The van der Waals surface area contributed by atoms with Gasteiger partial charge in [0.1, 0.15) is 5.75 Å². The van der Waals surface area contributed by atoms with Crippen molar-refractivity contribution in [2.24, 2.45) is 5.73 Å². The first-order valence-corrected chi connectivity index (χ1v) is 7.28. The molecule has 3 N–H and O–H groups in total. The van der Waals surface area contributed by atoms with Crippen LogP contribution in [0.3, 0.4) is 0 Å². The quantitative estimate of drug-likeness (QED) is 0.805. The van der Waals surface area contributed by atoms with Crippen LogP contribution in [0, 0.1) is 0 Å². The summed E-state index contributed by atoms with van der Waals surface area (Å²) in [6.07, 6.45) is 0.492. The van der Waals surface area contributed by atoms with E-state index in [9.17, 15) is 8.42 Å². The molecule has 0 spiro atoms. The Hall–Kier alpha value is -1.11. The summed E-state index contributed by atoms with van der Waals surface area (Å²) in [4.78, 5) is 0.266. The molecule has 0 fully saturated rings. The number of nitrogens with two attached hydrogens (primary N) is 1. The van der Waals surface area contributed by atoms with E-state index in [0.29, 0.717) is 24.3 Å². The van der Waals surface area contributed by atoms with Crippen LogP contribution < -0.4 is 15.2 Å². The van der Waals surface area contributed by atoms with Gasteiger partial charge in [-0.3, -0.25) is 0 Å². The van der Waals surface area contributed by atoms with Gasteiger partial charge in [-0.25, -0.2) is 13.1 Å². The molecule has 0 aliphatic rings. The lowest BCUT2D eigenvalue weighted by Gasteiger charge is -2.14. The van der Waals surface area contributed by atoms with E-state index >= 15 is 0 Å². The van der Waals surface area contributed by atoms with Gasteiger partial charge in [0, 0.05) is 6.04 Å². The zero-order valence-electron chi connectivity index (χ0n) is 10.9. The van der Waals surface area contributed by atoms with Crippen LogP contribution in [0.5, 0.6) is 5.75 Å². The standard InChI is InChI=1S/C12H20N2O3S/c1-9(2)14-18(15,16)12-5-4-11(17-3)8-10(12)6-7-13/h4-5,8-9,14H,6-7,13H2,1-3H3. The lowest BCUT2D eigenvalue weighted by atomic mass is 10.1. The molecule has 18 heavy (non-hydrogen) atoms. The van der Waals surface area contributed by atoms with Crippen molar-refractivity contribution in [3.8, 4) is 5.75 Å². The molecule has 0 atom stereocenters. The summed E-state index contributed by atoms with van der Waals surface area (Å²) < 4.78 is 31.9. The van der Waals surface area contributed by atoms with Crippen LogP contribution in [0.1, 0.15) is 19.4 Å². The molecule has 1 rings (SSSR count). The summed E-state index contributed by atoms with van der Waals surface area (Å²) in [5.74, 6) is 0.627. The van der Waals surface area contributed by atoms with E-state index in [1.807, 2.05) is 0 Å². The third-order valence-corrected chi connectivity index (χ3v) is 4.12. The number of hydrogen-bond donors (Lipinski definition) is 2. The molecule has 1 aromatic carbocycles. The fourth-order valence-electron chi connectivity index (χ4n) is 1.67. The van der Waals surface area contributed by atoms with Crippen molar-refractivity contribution in [3.05, 3.63) is 23.8 Å². The minimum atomic E-state index is -3.50. The molecular weight excluding hydrogens is 252 g/mol. The molecule has 0 bridgehead atoms. The average Bonchev–Trinajstić information content (AvgIpc) is 2.27. The van der Waals surface area contributed by atoms with Gasteiger partial charge in [-0.1, -0.05) is 0 Å². The Bertz CT molecular complexity index is 498. The van der Waals surface area contributed by atoms with E-state index in [4.69, 9.17) is 10.5 Å². The van der Waals surface area contributed by atoms with Crippen LogP contribution in [0.2, 0.25) is 0 Å². The van der Waals surface area contributed by atoms with Crippen molar-refractivity contribution in [1.82, 2.24) is 4.72 Å². The van der Waals surface area contributed by atoms with Crippen molar-refractivity contribution in [2.45, 2.75) is 31.2 Å². The molecule has 0 aliphatic carbocycles. The normalized spacial score (nSPS) is 11.8. The van der Waals surface area contributed by atoms with Crippen molar-refractivity contribution in [2.75, 3.05) is 13.7 Å². The highest BCUT2D eigenvalue weighted by atomic mass is 32.2. The molecule has 0 aliphatic heterocycles. The van der Waals surface area contributed by atoms with Gasteiger partial charge in [-0.05, 0) is 50.6 Å². The lowest BCUT2D eigenvalue weighted by molar-refractivity contribution is 0.413. The second-order valence-electron chi connectivity index (χ2n) is 4.29. The van der Waals surface area contributed by atoms with E-state index in [2.05, 4.69) is 4.72 Å². The smallest absolute Gasteiger partial charge is 0.241 e. The predicted octanol–water partition coefficient (Wildman–Crippen LogP) is 0.883. The predicted molar refractivity (Wildman–Crippen MR) is 71.2 cm³/mol. The first kappa shape index (κ1) is 14.9. The van der Waals surface area contributed by atoms with E-state index in [1.165, 1.54) is 0 Å². The molecule has 0 amide bonds. The summed E-state index contributed by atoms with van der Waals surface area (Å²) >= 11 is 0. The molecule has 0 unspecified atom stereocenters. The van der Waals surface area contributed by atoms with E-state index < -0.39 is 10.0 Å². The van der Waals surface area contributed by atoms with Gasteiger partial charge >= 0.3 is 0 Å². The number of ether oxygens (including phenoxy) is 1. The van der Waals surface area contributed by atoms with Gasteiger partial charge in [-0.15, -0.1) is 0 Å². The number of hydrogen-bond acceptors (Lipinski definition) is 4. The lowest BCUT2D eigenvalue weighted by Crippen LogP contribution is -2.31. The highest BCUT2D eigenvalue weighted by Gasteiger charge is 2.19. The maximum atomic E-state index is 12.1. The summed E-state index contributed by atoms with van der Waals surface area (Å²) in [6, 6.07) is 4.74. The van der Waals surface area contributed by atoms with Crippen LogP contribution in [-0.4, -0.2) is 28.1 Å². The summed E-state index contributed by atoms with van der Waals surface area (Å²) in [5.41, 5.74) is 6.18. The highest BCUT2D eigenvalue weighted by Crippen LogP contribution is 2.22. The number of benzene rings is 1. The zero-order chi connectivity index (χ0) is 13.8. The van der Waals surface area contributed by atoms with Crippen molar-refractivity contribution < 1.29 is 13.2 Å². The van der Waals surface area contributed by atoms with Crippen LogP contribution in [0.25, 0.3) is 0 Å². The summed E-state index contributed by atoms with van der Waals surface area (Å²) in [7, 11) is -1.95. The Balaban J connectivity index is 3.22. The highest BCUT2D eigenvalue weighted by molar-refractivity contribution is 7.89. The molecule has 0 radical (unpaired) electrons. The molecule has 0 saturated heterocycles. The second kappa shape index (κ2) is 6.17. The van der Waals surface area contributed by atoms with Gasteiger partial charge in [0.25, 0.3) is 0 Å². The van der Waals surface area contributed by atoms with Crippen LogP contribution in [0.4, 0.5) is 0 Å². The molecular formula is C12H20N2O3S. The summed E-state index contributed by atoms with van der Waals surface area (Å²) in [6.45, 7) is 3.95. The molecule has 5 nitrogen and oxygen atoms in total. The SMILES string of the molecule is COc1ccc(S(=O)(=O)NC(C)C)c(CCN)c1. The number of methoxy groups -OCH3 is 1. The largest absolute Gasteiger partial charge is 0.497 e. The van der Waals surface area contributed by atoms with E-state index in [1.54, 1.807) is 39.2 Å². The van der Waals surface area contributed by atoms with Gasteiger partial charge in [0.2, 0.25) is 10.0 Å². The number of sulfonamides is 1. The van der Waals surface area contributed by atoms with Crippen molar-refractivity contribution in [1.29, 1.82) is 0 Å². The Morgan fingerprint density at radius 1 is 1.39 bits per heavy atom. The van der Waals surface area contributed by atoms with E-state index in [0.717, 1.165) is 0 Å². The molecule has 6 heteroatoms. The Morgan fingerprint density at radius 2 is 2.06 bits per heavy atom. The monoisotopic (exact) mass is 272 g/mol. The zero-order valence-corrected chi connectivity index (χ0v) is 11.8. The fourth-order valence-corrected chi connectivity index (χ4v) is 3.17. The first-order valence-electron chi connectivity index (χ1n) is 5.80. The molecule has 0 saturated carbocycles. The third-order valence-electron chi connectivity index (χ3n) is 2.36. The van der Waals surface area contributed by atoms with Crippen LogP contribution in [0.15, 0.2) is 23.1 Å². The second-order valence-corrected chi connectivity index (χ2v) is 5.97. The Kier molecular flexibility index (Phi) is 5.13. The summed E-state index contributed by atoms with van der Waals surface area (Å²) in [5, 5.41) is 0. The van der Waals surface area contributed by atoms with Crippen molar-refractivity contribution >= 4 is 10.0 Å². The molecule has 102 valence electrons. The Morgan fingerprint density at radius 3 is 2.56 bits per heavy atom. The third kappa shape index (κ3) is 3.69. The first-order chi connectivity index (χ1) is 8.40. The maximum Gasteiger partial charge on any atom is 0.241 e. The van der Waals surface area contributed by atoms with Gasteiger partial charge in [0.15, 0.2) is 0 Å². The van der Waals surface area contributed by atoms with Crippen molar-refractivity contribution in [3.63, 3.8) is 0 Å². The fraction of sp³-hybridized carbons (Fsp3) is 0.500. The van der Waals surface area contributed by atoms with Crippen LogP contribution >= 0.6 is 0 Å². The van der Waals surface area contributed by atoms with Gasteiger partial charge in [0.05, 0.1) is 12.0 Å². The van der Waals surface area contributed by atoms with Gasteiger partial charge in [-0.2, -0.15) is 0 Å². The Labute approximate surface area is 108 Å². The number of rotatable bonds is 6. The van der Waals surface area contributed by atoms with Crippen LogP contribution in [-0.2, 0) is 16.4 Å². The average molecular weight is 272 g/mol. The van der Waals surface area contributed by atoms with Gasteiger partial charge < -0.3 is 10.5 Å². The topological polar surface area (TPSA) is 81.4 Å². The minimum Gasteiger partial charge on any atom is -0.497 e. The molecule has 1 aromatic rings. The maximum absolute atomic E-state index is 12.1. The molecule has 0 heterocycles.